The number of hydrogen-bond acceptors (Lipinski definition) is 6. The maximum absolute atomic E-state index is 12.7. The lowest BCUT2D eigenvalue weighted by Gasteiger charge is -2.21. The zero-order chi connectivity index (χ0) is 22.0. The largest absolute Gasteiger partial charge is 0.486 e. The summed E-state index contributed by atoms with van der Waals surface area (Å²) in [7, 11) is 0. The van der Waals surface area contributed by atoms with Crippen molar-refractivity contribution in [3.8, 4) is 11.5 Å². The highest BCUT2D eigenvalue weighted by Gasteiger charge is 2.20. The first-order chi connectivity index (χ1) is 14.9. The molecule has 0 bridgehead atoms. The van der Waals surface area contributed by atoms with E-state index < -0.39 is 5.97 Å². The van der Waals surface area contributed by atoms with Crippen molar-refractivity contribution >= 4 is 22.8 Å². The van der Waals surface area contributed by atoms with Gasteiger partial charge in [0, 0.05) is 5.39 Å². The zero-order valence-electron chi connectivity index (χ0n) is 17.7. The Balaban J connectivity index is 1.40. The number of amides is 1. The SMILES string of the molecule is Cc1nc2ccccc2c(C)c1C(=O)OCC(=O)N[C@@H](C)c1ccc2c(c1)OCCO2. The number of ether oxygens (including phenoxy) is 3. The second-order valence-corrected chi connectivity index (χ2v) is 7.48. The maximum atomic E-state index is 12.7. The quantitative estimate of drug-likeness (QED) is 0.634. The third-order valence-corrected chi connectivity index (χ3v) is 5.32. The van der Waals surface area contributed by atoms with Gasteiger partial charge in [-0.2, -0.15) is 0 Å². The molecule has 1 aliphatic heterocycles. The van der Waals surface area contributed by atoms with Gasteiger partial charge in [0.15, 0.2) is 18.1 Å². The van der Waals surface area contributed by atoms with Crippen LogP contribution in [0.25, 0.3) is 10.9 Å². The Labute approximate surface area is 180 Å². The fourth-order valence-electron chi connectivity index (χ4n) is 3.73. The Bertz CT molecular complexity index is 1160. The predicted molar refractivity (Wildman–Crippen MR) is 115 cm³/mol. The van der Waals surface area contributed by atoms with Crippen LogP contribution in [0.5, 0.6) is 11.5 Å². The molecule has 1 atom stereocenters. The van der Waals surface area contributed by atoms with Crippen LogP contribution in [0.3, 0.4) is 0 Å². The second kappa shape index (κ2) is 8.63. The molecule has 0 aliphatic carbocycles. The van der Waals surface area contributed by atoms with Crippen LogP contribution in [0.15, 0.2) is 42.5 Å². The number of nitrogens with zero attached hydrogens (tertiary/aromatic N) is 1. The molecule has 0 unspecified atom stereocenters. The number of pyridine rings is 1. The molecule has 31 heavy (non-hydrogen) atoms. The van der Waals surface area contributed by atoms with Gasteiger partial charge in [-0.15, -0.1) is 0 Å². The Kier molecular flexibility index (Phi) is 5.75. The number of carbonyl (C=O) groups excluding carboxylic acids is 2. The van der Waals surface area contributed by atoms with Gasteiger partial charge in [-0.3, -0.25) is 9.78 Å². The van der Waals surface area contributed by atoms with Crippen molar-refractivity contribution in [3.63, 3.8) is 0 Å². The lowest BCUT2D eigenvalue weighted by atomic mass is 10.0. The number of benzene rings is 2. The van der Waals surface area contributed by atoms with Crippen LogP contribution in [-0.4, -0.2) is 36.7 Å². The third-order valence-electron chi connectivity index (χ3n) is 5.32. The maximum Gasteiger partial charge on any atom is 0.340 e. The summed E-state index contributed by atoms with van der Waals surface area (Å²) in [5.41, 5.74) is 3.45. The number of esters is 1. The highest BCUT2D eigenvalue weighted by molar-refractivity contribution is 5.99. The summed E-state index contributed by atoms with van der Waals surface area (Å²) < 4.78 is 16.4. The van der Waals surface area contributed by atoms with Gasteiger partial charge in [-0.1, -0.05) is 24.3 Å². The minimum absolute atomic E-state index is 0.284. The molecule has 0 saturated heterocycles. The van der Waals surface area contributed by atoms with Crippen LogP contribution in [-0.2, 0) is 9.53 Å². The predicted octanol–water partition coefficient (Wildman–Crippen LogP) is 3.66. The van der Waals surface area contributed by atoms with Crippen LogP contribution in [0.4, 0.5) is 0 Å². The Hall–Kier alpha value is -3.61. The summed E-state index contributed by atoms with van der Waals surface area (Å²) in [5.74, 6) is 0.401. The lowest BCUT2D eigenvalue weighted by Crippen LogP contribution is -2.31. The summed E-state index contributed by atoms with van der Waals surface area (Å²) in [4.78, 5) is 29.5. The van der Waals surface area contributed by atoms with Gasteiger partial charge < -0.3 is 19.5 Å². The Morgan fingerprint density at radius 3 is 2.65 bits per heavy atom. The monoisotopic (exact) mass is 420 g/mol. The standard InChI is InChI=1S/C24H24N2O5/c1-14-18-6-4-5-7-19(18)25-16(3)23(14)24(28)31-13-22(27)26-15(2)17-8-9-20-21(12-17)30-11-10-29-20/h4-9,12,15H,10-11,13H2,1-3H3,(H,26,27)/t15-/m0/s1. The van der Waals surface area contributed by atoms with E-state index in [1.54, 1.807) is 6.92 Å². The fraction of sp³-hybridized carbons (Fsp3) is 0.292. The highest BCUT2D eigenvalue weighted by Crippen LogP contribution is 2.32. The van der Waals surface area contributed by atoms with Gasteiger partial charge in [0.25, 0.3) is 5.91 Å². The molecule has 0 radical (unpaired) electrons. The smallest absolute Gasteiger partial charge is 0.340 e. The van der Waals surface area contributed by atoms with E-state index in [2.05, 4.69) is 10.3 Å². The molecule has 2 aromatic carbocycles. The molecule has 0 spiro atoms. The van der Waals surface area contributed by atoms with Crippen molar-refractivity contribution in [3.05, 3.63) is 64.8 Å². The zero-order valence-corrected chi connectivity index (χ0v) is 17.7. The molecule has 1 aliphatic rings. The normalized spacial score (nSPS) is 13.5. The van der Waals surface area contributed by atoms with Crippen LogP contribution in [0.1, 0.15) is 40.1 Å². The fourth-order valence-corrected chi connectivity index (χ4v) is 3.73. The summed E-state index contributed by atoms with van der Waals surface area (Å²) in [6.45, 7) is 6.12. The molecule has 2 heterocycles. The molecule has 160 valence electrons. The number of nitrogens with one attached hydrogen (secondary N) is 1. The van der Waals surface area contributed by atoms with Crippen molar-refractivity contribution < 1.29 is 23.8 Å². The van der Waals surface area contributed by atoms with E-state index in [-0.39, 0.29) is 18.6 Å². The second-order valence-electron chi connectivity index (χ2n) is 7.48. The van der Waals surface area contributed by atoms with E-state index in [1.165, 1.54) is 0 Å². The Morgan fingerprint density at radius 2 is 1.84 bits per heavy atom. The average molecular weight is 420 g/mol. The van der Waals surface area contributed by atoms with E-state index in [0.717, 1.165) is 22.0 Å². The third kappa shape index (κ3) is 4.30. The first kappa shape index (κ1) is 20.7. The summed E-state index contributed by atoms with van der Waals surface area (Å²) in [6, 6.07) is 12.9. The van der Waals surface area contributed by atoms with Crippen LogP contribution in [0.2, 0.25) is 0 Å². The van der Waals surface area contributed by atoms with Crippen molar-refractivity contribution in [2.45, 2.75) is 26.8 Å². The molecule has 1 N–H and O–H groups in total. The minimum Gasteiger partial charge on any atom is -0.486 e. The highest BCUT2D eigenvalue weighted by atomic mass is 16.6. The lowest BCUT2D eigenvalue weighted by molar-refractivity contribution is -0.124. The molecular weight excluding hydrogens is 396 g/mol. The molecule has 4 rings (SSSR count). The Morgan fingerprint density at radius 1 is 1.10 bits per heavy atom. The molecule has 3 aromatic rings. The first-order valence-electron chi connectivity index (χ1n) is 10.2. The molecule has 0 fully saturated rings. The summed E-state index contributed by atoms with van der Waals surface area (Å²) >= 11 is 0. The van der Waals surface area contributed by atoms with Gasteiger partial charge >= 0.3 is 5.97 Å². The number of hydrogen-bond donors (Lipinski definition) is 1. The van der Waals surface area contributed by atoms with E-state index in [1.807, 2.05) is 56.3 Å². The van der Waals surface area contributed by atoms with Crippen molar-refractivity contribution in [1.82, 2.24) is 10.3 Å². The minimum atomic E-state index is -0.560. The van der Waals surface area contributed by atoms with Crippen molar-refractivity contribution in [2.75, 3.05) is 19.8 Å². The number of fused-ring (bicyclic) bond motifs is 2. The number of rotatable bonds is 5. The molecule has 7 heteroatoms. The van der Waals surface area contributed by atoms with Gasteiger partial charge in [-0.05, 0) is 50.1 Å². The molecule has 1 aromatic heterocycles. The van der Waals surface area contributed by atoms with E-state index in [4.69, 9.17) is 14.2 Å². The number of aromatic nitrogens is 1. The van der Waals surface area contributed by atoms with Crippen LogP contribution >= 0.6 is 0 Å². The molecule has 1 amide bonds. The average Bonchev–Trinajstić information content (AvgIpc) is 2.77. The van der Waals surface area contributed by atoms with E-state index >= 15 is 0 Å². The summed E-state index contributed by atoms with van der Waals surface area (Å²) in [5, 5.41) is 3.73. The first-order valence-corrected chi connectivity index (χ1v) is 10.2. The van der Waals surface area contributed by atoms with Gasteiger partial charge in [0.1, 0.15) is 13.2 Å². The van der Waals surface area contributed by atoms with Crippen LogP contribution < -0.4 is 14.8 Å². The number of carbonyl (C=O) groups is 2. The van der Waals surface area contributed by atoms with Crippen molar-refractivity contribution in [2.24, 2.45) is 0 Å². The number of para-hydroxylation sites is 1. The molecular formula is C24H24N2O5. The summed E-state index contributed by atoms with van der Waals surface area (Å²) in [6.07, 6.45) is 0. The van der Waals surface area contributed by atoms with Gasteiger partial charge in [-0.25, -0.2) is 4.79 Å². The van der Waals surface area contributed by atoms with Crippen molar-refractivity contribution in [1.29, 1.82) is 0 Å². The van der Waals surface area contributed by atoms with Gasteiger partial charge in [0.05, 0.1) is 22.8 Å². The van der Waals surface area contributed by atoms with E-state index in [0.29, 0.717) is 36.0 Å². The van der Waals surface area contributed by atoms with E-state index in [9.17, 15) is 9.59 Å². The molecule has 7 nitrogen and oxygen atoms in total. The van der Waals surface area contributed by atoms with Gasteiger partial charge in [0.2, 0.25) is 0 Å². The van der Waals surface area contributed by atoms with Crippen LogP contribution in [0, 0.1) is 13.8 Å². The molecule has 0 saturated carbocycles. The topological polar surface area (TPSA) is 86.8 Å². The number of aryl methyl sites for hydroxylation is 2.